The molecular weight excluding hydrogens is 304 g/mol. The van der Waals surface area contributed by atoms with Gasteiger partial charge in [-0.3, -0.25) is 9.59 Å². The molecule has 2 aromatic rings. The second kappa shape index (κ2) is 8.34. The van der Waals surface area contributed by atoms with Crippen LogP contribution in [0.3, 0.4) is 0 Å². The van der Waals surface area contributed by atoms with Gasteiger partial charge in [0.1, 0.15) is 5.76 Å². The lowest BCUT2D eigenvalue weighted by Gasteiger charge is -2.21. The van der Waals surface area contributed by atoms with E-state index in [1.807, 2.05) is 24.3 Å². The van der Waals surface area contributed by atoms with E-state index in [1.165, 1.54) is 12.5 Å². The molecule has 0 bridgehead atoms. The maximum Gasteiger partial charge on any atom is 0.223 e. The van der Waals surface area contributed by atoms with Gasteiger partial charge in [0.15, 0.2) is 0 Å². The highest BCUT2D eigenvalue weighted by Crippen LogP contribution is 2.20. The molecule has 1 heterocycles. The van der Waals surface area contributed by atoms with Crippen molar-refractivity contribution in [1.29, 1.82) is 0 Å². The molecule has 0 radical (unpaired) electrons. The number of carbonyl (C=O) groups excluding carboxylic acids is 2. The van der Waals surface area contributed by atoms with Crippen molar-refractivity contribution in [2.24, 2.45) is 0 Å². The average molecular weight is 328 g/mol. The number of hydrogen-bond acceptors (Lipinski definition) is 3. The summed E-state index contributed by atoms with van der Waals surface area (Å²) in [6.07, 6.45) is 1.81. The van der Waals surface area contributed by atoms with Gasteiger partial charge in [0.25, 0.3) is 0 Å². The average Bonchev–Trinajstić information content (AvgIpc) is 3.06. The van der Waals surface area contributed by atoms with E-state index >= 15 is 0 Å². The topological polar surface area (TPSA) is 62.6 Å². The van der Waals surface area contributed by atoms with Gasteiger partial charge in [-0.1, -0.05) is 26.0 Å². The maximum atomic E-state index is 11.9. The Bertz CT molecular complexity index is 660. The lowest BCUT2D eigenvalue weighted by atomic mass is 10.0. The Balaban J connectivity index is 1.91. The van der Waals surface area contributed by atoms with E-state index in [0.717, 1.165) is 5.69 Å². The Labute approximate surface area is 142 Å². The molecule has 0 unspecified atom stereocenters. The zero-order chi connectivity index (χ0) is 17.5. The van der Waals surface area contributed by atoms with Crippen molar-refractivity contribution >= 4 is 17.5 Å². The first-order chi connectivity index (χ1) is 11.5. The summed E-state index contributed by atoms with van der Waals surface area (Å²) in [5, 5.41) is 2.78. The molecule has 128 valence electrons. The highest BCUT2D eigenvalue weighted by Gasteiger charge is 2.14. The largest absolute Gasteiger partial charge is 0.467 e. The van der Waals surface area contributed by atoms with Gasteiger partial charge in [-0.05, 0) is 35.7 Å². The standard InChI is InChI=1S/C19H24N2O3/c1-14(2)16-6-8-17(9-7-16)21(15(3)22)11-10-19(23)20-13-18-5-4-12-24-18/h4-9,12,14H,10-11,13H2,1-3H3,(H,20,23). The van der Waals surface area contributed by atoms with Gasteiger partial charge in [0, 0.05) is 25.6 Å². The normalized spacial score (nSPS) is 10.7. The van der Waals surface area contributed by atoms with E-state index in [-0.39, 0.29) is 18.2 Å². The van der Waals surface area contributed by atoms with Gasteiger partial charge in [-0.2, -0.15) is 0 Å². The van der Waals surface area contributed by atoms with E-state index in [4.69, 9.17) is 4.42 Å². The molecule has 0 atom stereocenters. The van der Waals surface area contributed by atoms with Crippen LogP contribution in [0.1, 0.15) is 44.4 Å². The molecule has 5 nitrogen and oxygen atoms in total. The molecule has 1 aromatic heterocycles. The third kappa shape index (κ3) is 4.98. The number of nitrogens with zero attached hydrogens (tertiary/aromatic N) is 1. The fourth-order valence-electron chi connectivity index (χ4n) is 2.41. The van der Waals surface area contributed by atoms with Crippen molar-refractivity contribution in [3.63, 3.8) is 0 Å². The third-order valence-electron chi connectivity index (χ3n) is 3.85. The molecule has 0 saturated carbocycles. The Hall–Kier alpha value is -2.56. The molecule has 0 aliphatic rings. The smallest absolute Gasteiger partial charge is 0.223 e. The van der Waals surface area contributed by atoms with Crippen molar-refractivity contribution in [3.05, 3.63) is 54.0 Å². The molecule has 2 amide bonds. The van der Waals surface area contributed by atoms with Crippen LogP contribution < -0.4 is 10.2 Å². The highest BCUT2D eigenvalue weighted by molar-refractivity contribution is 5.92. The third-order valence-corrected chi connectivity index (χ3v) is 3.85. The Morgan fingerprint density at radius 1 is 1.17 bits per heavy atom. The van der Waals surface area contributed by atoms with Crippen molar-refractivity contribution in [2.75, 3.05) is 11.4 Å². The first-order valence-electron chi connectivity index (χ1n) is 8.14. The number of benzene rings is 1. The van der Waals surface area contributed by atoms with Crippen LogP contribution in [0.25, 0.3) is 0 Å². The Morgan fingerprint density at radius 3 is 2.42 bits per heavy atom. The summed E-state index contributed by atoms with van der Waals surface area (Å²) < 4.78 is 5.17. The van der Waals surface area contributed by atoms with Crippen molar-refractivity contribution in [2.45, 2.75) is 39.7 Å². The van der Waals surface area contributed by atoms with Crippen LogP contribution >= 0.6 is 0 Å². The molecule has 24 heavy (non-hydrogen) atoms. The predicted octanol–water partition coefficient (Wildman–Crippen LogP) is 3.46. The summed E-state index contributed by atoms with van der Waals surface area (Å²) in [4.78, 5) is 25.5. The number of anilines is 1. The number of hydrogen-bond donors (Lipinski definition) is 1. The minimum Gasteiger partial charge on any atom is -0.467 e. The molecule has 2 rings (SSSR count). The van der Waals surface area contributed by atoms with Crippen LogP contribution in [0.5, 0.6) is 0 Å². The zero-order valence-electron chi connectivity index (χ0n) is 14.4. The van der Waals surface area contributed by atoms with Crippen LogP contribution in [0.4, 0.5) is 5.69 Å². The van der Waals surface area contributed by atoms with Crippen LogP contribution in [-0.4, -0.2) is 18.4 Å². The second-order valence-electron chi connectivity index (χ2n) is 6.02. The molecule has 5 heteroatoms. The van der Waals surface area contributed by atoms with Crippen molar-refractivity contribution in [1.82, 2.24) is 5.32 Å². The first kappa shape index (κ1) is 17.8. The number of furan rings is 1. The van der Waals surface area contributed by atoms with Crippen molar-refractivity contribution < 1.29 is 14.0 Å². The van der Waals surface area contributed by atoms with Crippen molar-refractivity contribution in [3.8, 4) is 0 Å². The molecule has 1 aromatic carbocycles. The zero-order valence-corrected chi connectivity index (χ0v) is 14.4. The number of carbonyl (C=O) groups is 2. The van der Waals surface area contributed by atoms with Gasteiger partial charge in [-0.25, -0.2) is 0 Å². The van der Waals surface area contributed by atoms with Crippen LogP contribution in [-0.2, 0) is 16.1 Å². The van der Waals surface area contributed by atoms with E-state index in [2.05, 4.69) is 19.2 Å². The van der Waals surface area contributed by atoms with E-state index in [9.17, 15) is 9.59 Å². The fourth-order valence-corrected chi connectivity index (χ4v) is 2.41. The van der Waals surface area contributed by atoms with Gasteiger partial charge < -0.3 is 14.6 Å². The summed E-state index contributed by atoms with van der Waals surface area (Å²) in [6, 6.07) is 11.5. The minimum atomic E-state index is -0.114. The second-order valence-corrected chi connectivity index (χ2v) is 6.02. The van der Waals surface area contributed by atoms with E-state index in [0.29, 0.717) is 24.8 Å². The number of nitrogens with one attached hydrogen (secondary N) is 1. The summed E-state index contributed by atoms with van der Waals surface area (Å²) in [5.74, 6) is 0.954. The lowest BCUT2D eigenvalue weighted by molar-refractivity contribution is -0.121. The quantitative estimate of drug-likeness (QED) is 0.846. The van der Waals surface area contributed by atoms with Gasteiger partial charge >= 0.3 is 0 Å². The SMILES string of the molecule is CC(=O)N(CCC(=O)NCc1ccco1)c1ccc(C(C)C)cc1. The molecule has 0 aliphatic carbocycles. The highest BCUT2D eigenvalue weighted by atomic mass is 16.3. The molecule has 1 N–H and O–H groups in total. The lowest BCUT2D eigenvalue weighted by Crippen LogP contribution is -2.33. The molecule has 0 aliphatic heterocycles. The summed E-state index contributed by atoms with van der Waals surface area (Å²) in [6.45, 7) is 6.47. The summed E-state index contributed by atoms with van der Waals surface area (Å²) >= 11 is 0. The Kier molecular flexibility index (Phi) is 6.18. The van der Waals surface area contributed by atoms with Gasteiger partial charge in [0.05, 0.1) is 12.8 Å². The molecular formula is C19H24N2O3. The van der Waals surface area contributed by atoms with Crippen LogP contribution in [0, 0.1) is 0 Å². The van der Waals surface area contributed by atoms with E-state index < -0.39 is 0 Å². The van der Waals surface area contributed by atoms with Crippen LogP contribution in [0.15, 0.2) is 47.1 Å². The van der Waals surface area contributed by atoms with Crippen LogP contribution in [0.2, 0.25) is 0 Å². The summed E-state index contributed by atoms with van der Waals surface area (Å²) in [7, 11) is 0. The fraction of sp³-hybridized carbons (Fsp3) is 0.368. The number of amides is 2. The molecule has 0 fully saturated rings. The predicted molar refractivity (Wildman–Crippen MR) is 93.7 cm³/mol. The van der Waals surface area contributed by atoms with Gasteiger partial charge in [0.2, 0.25) is 11.8 Å². The molecule has 0 saturated heterocycles. The molecule has 0 spiro atoms. The maximum absolute atomic E-state index is 11.9. The van der Waals surface area contributed by atoms with Gasteiger partial charge in [-0.15, -0.1) is 0 Å². The van der Waals surface area contributed by atoms with E-state index in [1.54, 1.807) is 23.3 Å². The Morgan fingerprint density at radius 2 is 1.88 bits per heavy atom. The summed E-state index contributed by atoms with van der Waals surface area (Å²) in [5.41, 5.74) is 2.03. The minimum absolute atomic E-state index is 0.0777. The first-order valence-corrected chi connectivity index (χ1v) is 8.14. The monoisotopic (exact) mass is 328 g/mol. The number of rotatable bonds is 7.